The molecule has 9 rings (SSSR count). The van der Waals surface area contributed by atoms with Crippen molar-refractivity contribution >= 4 is 140 Å². The number of aromatic nitrogens is 4. The van der Waals surface area contributed by atoms with Gasteiger partial charge in [0.15, 0.2) is 5.96 Å². The number of para-hydroxylation sites is 2. The maximum atomic E-state index is 15.8. The molecule has 14 atom stereocenters. The van der Waals surface area contributed by atoms with Crippen molar-refractivity contribution in [3.8, 4) is 5.75 Å². The van der Waals surface area contributed by atoms with Gasteiger partial charge in [-0.25, -0.2) is 4.98 Å². The number of phenols is 1. The van der Waals surface area contributed by atoms with Crippen LogP contribution in [0.2, 0.25) is 0 Å². The first-order valence-electron chi connectivity index (χ1n) is 45.5. The van der Waals surface area contributed by atoms with Gasteiger partial charge in [0.05, 0.1) is 43.5 Å². The Labute approximate surface area is 789 Å². The first-order valence-corrected chi connectivity index (χ1v) is 46.7. The number of guanidine groups is 1. The monoisotopic (exact) mass is 1910 g/mol. The summed E-state index contributed by atoms with van der Waals surface area (Å²) < 4.78 is 0. The van der Waals surface area contributed by atoms with Crippen molar-refractivity contribution in [2.75, 3.05) is 58.4 Å². The fraction of sp³-hybridized carbons (Fsp3) is 0.527. The SMILES string of the molecule is CCCC[C@H]1C(=O)N(C)[C@@H](CCCC)C(=O)N[C@@H](CCCNC(=N)N)C(=O)NC(C(=O)NCC(N)=O)CSCC(=O)N[C@@H](Cc2ccc(O)cc2)C(=O)NC(C)(C)C(=O)N[C@@H](CC(N)=O)C(=O)N2CCC[C@H]2C(=O)N[C@@H](Cc2c[nH]cn2)C(=O)N[C@@H](CC(C)C)C(=O)N2C[C@H](O)C[C@H]2C(=O)NC(Cc2c[nH]c3ccccc23)C(=O)N[C@@H](CO)C(=O)N[C@@H](Cc2c[nH]c3ccccc23)C(=O)N1C. The normalized spacial score (nSPS) is 24.4. The second-order valence-corrected chi connectivity index (χ2v) is 36.4. The summed E-state index contributed by atoms with van der Waals surface area (Å²) in [6.45, 7) is 7.18. The Hall–Kier alpha value is -13.7. The molecule has 2 unspecified atom stereocenters. The molecule has 25 N–H and O–H groups in total. The molecule has 3 aliphatic heterocycles. The number of aromatic amines is 3. The number of imidazole rings is 1. The van der Waals surface area contributed by atoms with Crippen molar-refractivity contribution in [3.05, 3.63) is 120 Å². The molecule has 0 saturated carbocycles. The number of phenolic OH excluding ortho intramolecular Hbond substituents is 1. The van der Waals surface area contributed by atoms with Gasteiger partial charge in [0.25, 0.3) is 0 Å². The van der Waals surface area contributed by atoms with Crippen LogP contribution in [0.1, 0.15) is 147 Å². The van der Waals surface area contributed by atoms with Crippen LogP contribution in [0.25, 0.3) is 21.8 Å². The standard InChI is InChI=1S/C91H128N24O20S/c1-9-11-24-69-82(128)103-60(23-17-31-97-90(94)95)77(123)109-68(76(122)100-43-74(93)120)46-136-47-75(121)102-61(34-50-27-29-54(117)30-28-50)81(127)111-91(5,6)89(135)110-66(39-73(92)119)86(132)114-32-18-26-70(114)83(129)105-63(37-53-42-96-48-101-53)79(125)106-64(33-49(3)4)87(133)115-44-55(118)38-72(115)84(130)104-62(35-51-40-98-58-21-15-13-19-56(51)58)78(124)108-67(45-116)80(126)107-65(36-52-41-99-59-22-16-14-20-57(52)59)85(131)113(8)71(25-12-10-2)88(134)112(69)7/h13-16,19-22,27-30,40-42,48-49,55,60-72,98-99,116-118H,9-12,17-18,23-26,31-39,43-47H2,1-8H3,(H2,92,119)(H2,93,120)(H,96,101)(H,100,122)(H,102,121)(H,103,128)(H,104,130)(H,105,129)(H,106,125)(H,107,126)(H,108,124)(H,109,123)(H,110,135)(H,111,127)(H4,94,95,97)/t55-,60+,61+,62?,63+,64+,65+,66+,67+,68?,69+,70+,71+,72+/m1/s1. The second-order valence-electron chi connectivity index (χ2n) is 35.4. The minimum absolute atomic E-state index is 0.0143. The smallest absolute Gasteiger partial charge is 0.246 e. The molecule has 0 aliphatic carbocycles. The van der Waals surface area contributed by atoms with E-state index in [9.17, 15) is 58.5 Å². The molecular formula is C91H128N24O20S. The molecule has 44 nitrogen and oxygen atoms in total. The minimum Gasteiger partial charge on any atom is -0.508 e. The van der Waals surface area contributed by atoms with Crippen LogP contribution in [0.5, 0.6) is 5.75 Å². The zero-order chi connectivity index (χ0) is 99.4. The van der Waals surface area contributed by atoms with E-state index in [1.807, 2.05) is 13.8 Å². The number of hydrogen-bond donors (Lipinski definition) is 22. The minimum atomic E-state index is -2.03. The number of carbonyl (C=O) groups is 17. The highest BCUT2D eigenvalue weighted by Crippen LogP contribution is 2.28. The van der Waals surface area contributed by atoms with E-state index in [0.29, 0.717) is 64.2 Å². The third kappa shape index (κ3) is 29.6. The van der Waals surface area contributed by atoms with Crippen LogP contribution in [0.3, 0.4) is 0 Å². The van der Waals surface area contributed by atoms with Gasteiger partial charge in [0.1, 0.15) is 89.8 Å². The fourth-order valence-electron chi connectivity index (χ4n) is 16.7. The average Bonchev–Trinajstić information content (AvgIpc) is 1.75. The number of primary amides is 2. The van der Waals surface area contributed by atoms with Crippen molar-refractivity contribution in [1.29, 1.82) is 5.41 Å². The number of hydrogen-bond acceptors (Lipinski definition) is 23. The number of carbonyl (C=O) groups excluding carboxylic acids is 17. The molecule has 3 saturated heterocycles. The lowest BCUT2D eigenvalue weighted by molar-refractivity contribution is -0.149. The lowest BCUT2D eigenvalue weighted by atomic mass is 9.99. The average molecular weight is 1910 g/mol. The van der Waals surface area contributed by atoms with Crippen molar-refractivity contribution in [2.24, 2.45) is 23.1 Å². The van der Waals surface area contributed by atoms with E-state index < -0.39 is 241 Å². The van der Waals surface area contributed by atoms with Crippen LogP contribution in [0.15, 0.2) is 97.7 Å². The number of unbranched alkanes of at least 4 members (excludes halogenated alkanes) is 2. The highest BCUT2D eigenvalue weighted by molar-refractivity contribution is 8.00. The Morgan fingerprint density at radius 3 is 1.72 bits per heavy atom. The number of nitrogens with zero attached hydrogens (tertiary/aromatic N) is 5. The number of thioether (sulfide) groups is 1. The van der Waals surface area contributed by atoms with Gasteiger partial charge in [0.2, 0.25) is 100 Å². The van der Waals surface area contributed by atoms with Crippen LogP contribution in [-0.2, 0) is 107 Å². The topological polar surface area (TPSA) is 670 Å². The van der Waals surface area contributed by atoms with E-state index in [-0.39, 0.29) is 101 Å². The number of amides is 17. The van der Waals surface area contributed by atoms with Gasteiger partial charge in [-0.2, -0.15) is 0 Å². The number of H-pyrrole nitrogens is 3. The molecule has 0 bridgehead atoms. The molecule has 6 aromatic rings. The van der Waals surface area contributed by atoms with Gasteiger partial charge in [-0.1, -0.05) is 102 Å². The third-order valence-electron chi connectivity index (χ3n) is 24.0. The Kier molecular flexibility index (Phi) is 39.0. The van der Waals surface area contributed by atoms with Crippen LogP contribution in [0, 0.1) is 11.3 Å². The molecule has 738 valence electrons. The maximum Gasteiger partial charge on any atom is 0.246 e. The summed E-state index contributed by atoms with van der Waals surface area (Å²) in [7, 11) is 2.68. The summed E-state index contributed by atoms with van der Waals surface area (Å²) in [6.07, 6.45) is 3.59. The van der Waals surface area contributed by atoms with E-state index in [4.69, 9.17) is 22.6 Å². The lowest BCUT2D eigenvalue weighted by Gasteiger charge is -2.36. The van der Waals surface area contributed by atoms with Crippen LogP contribution in [-0.4, -0.2) is 310 Å². The van der Waals surface area contributed by atoms with Crippen molar-refractivity contribution in [1.82, 2.24) is 103 Å². The molecule has 45 heteroatoms. The van der Waals surface area contributed by atoms with E-state index in [1.54, 1.807) is 74.8 Å². The van der Waals surface area contributed by atoms with Crippen molar-refractivity contribution < 1.29 is 96.8 Å². The van der Waals surface area contributed by atoms with Gasteiger partial charge in [-0.15, -0.1) is 11.8 Å². The highest BCUT2D eigenvalue weighted by atomic mass is 32.2. The summed E-state index contributed by atoms with van der Waals surface area (Å²) in [6, 6.07) is -0.923. The number of aromatic hydroxyl groups is 1. The van der Waals surface area contributed by atoms with Gasteiger partial charge in [-0.3, -0.25) is 86.9 Å². The van der Waals surface area contributed by atoms with Gasteiger partial charge in [0, 0.05) is 112 Å². The summed E-state index contributed by atoms with van der Waals surface area (Å²) in [5.74, 6) is -18.3. The van der Waals surface area contributed by atoms with E-state index >= 15 is 38.4 Å². The number of rotatable bonds is 26. The predicted molar refractivity (Wildman–Crippen MR) is 500 cm³/mol. The van der Waals surface area contributed by atoms with Crippen LogP contribution < -0.4 is 81.0 Å². The first-order chi connectivity index (χ1) is 64.7. The molecule has 6 heterocycles. The van der Waals surface area contributed by atoms with Crippen molar-refractivity contribution in [2.45, 2.75) is 241 Å². The third-order valence-corrected chi connectivity index (χ3v) is 25.0. The summed E-state index contributed by atoms with van der Waals surface area (Å²) in [4.78, 5) is 268. The van der Waals surface area contributed by atoms with E-state index in [1.165, 1.54) is 64.7 Å². The maximum absolute atomic E-state index is 15.8. The molecular weight excluding hydrogens is 1780 g/mol. The predicted octanol–water partition coefficient (Wildman–Crippen LogP) is -2.88. The first kappa shape index (κ1) is 106. The zero-order valence-corrected chi connectivity index (χ0v) is 78.3. The number of benzene rings is 3. The van der Waals surface area contributed by atoms with Gasteiger partial charge >= 0.3 is 0 Å². The Bertz CT molecular complexity index is 5260. The molecule has 3 aromatic carbocycles. The highest BCUT2D eigenvalue weighted by Gasteiger charge is 2.47. The van der Waals surface area contributed by atoms with Crippen LogP contribution >= 0.6 is 11.8 Å². The number of nitrogens with two attached hydrogens (primary N) is 3. The van der Waals surface area contributed by atoms with Crippen LogP contribution in [0.4, 0.5) is 0 Å². The van der Waals surface area contributed by atoms with Crippen molar-refractivity contribution in [3.63, 3.8) is 0 Å². The molecule has 136 heavy (non-hydrogen) atoms. The Balaban J connectivity index is 1.10. The molecule has 0 radical (unpaired) electrons. The van der Waals surface area contributed by atoms with E-state index in [2.05, 4.69) is 83.7 Å². The summed E-state index contributed by atoms with van der Waals surface area (Å²) >= 11 is 0.752. The number of nitrogens with one attached hydrogen (secondary N) is 16. The molecule has 0 spiro atoms. The fourth-order valence-corrected chi connectivity index (χ4v) is 17.5. The Morgan fingerprint density at radius 1 is 0.574 bits per heavy atom. The quantitative estimate of drug-likeness (QED) is 0.0147. The molecule has 3 aliphatic rings. The number of aliphatic hydroxyl groups excluding tert-OH is 2. The number of fused-ring (bicyclic) bond motifs is 4. The number of likely N-dealkylation sites (N-methyl/N-ethyl adjacent to an activating group) is 2. The lowest BCUT2D eigenvalue weighted by Crippen LogP contribution is -2.63. The van der Waals surface area contributed by atoms with Gasteiger partial charge in [-0.05, 0) is 106 Å². The Morgan fingerprint density at radius 2 is 1.12 bits per heavy atom. The van der Waals surface area contributed by atoms with Gasteiger partial charge < -0.3 is 131 Å². The molecule has 17 amide bonds. The summed E-state index contributed by atoms with van der Waals surface area (Å²) in [5.41, 5.74) is 17.6. The largest absolute Gasteiger partial charge is 0.508 e. The van der Waals surface area contributed by atoms with E-state index in [0.717, 1.165) is 31.4 Å². The number of aliphatic hydroxyl groups is 2. The molecule has 3 aromatic heterocycles. The molecule has 3 fully saturated rings. The second kappa shape index (κ2) is 50.0. The summed E-state index contributed by atoms with van der Waals surface area (Å²) in [5, 5.41) is 73.6. The zero-order valence-electron chi connectivity index (χ0n) is 77.5.